The van der Waals surface area contributed by atoms with Gasteiger partial charge in [-0.25, -0.2) is 9.97 Å². The summed E-state index contributed by atoms with van der Waals surface area (Å²) in [4.78, 5) is 25.7. The second-order valence-electron chi connectivity index (χ2n) is 6.60. The summed E-state index contributed by atoms with van der Waals surface area (Å²) >= 11 is 2.16. The number of halogens is 1. The minimum absolute atomic E-state index is 0.148. The molecule has 0 aliphatic rings. The largest absolute Gasteiger partial charge is 0.324 e. The molecule has 6 nitrogen and oxygen atoms in total. The summed E-state index contributed by atoms with van der Waals surface area (Å²) in [6, 6.07) is 18.8. The molecule has 0 saturated carbocycles. The molecule has 148 valence electrons. The van der Waals surface area contributed by atoms with E-state index >= 15 is 0 Å². The van der Waals surface area contributed by atoms with E-state index in [9.17, 15) is 4.79 Å². The van der Waals surface area contributed by atoms with Crippen molar-refractivity contribution in [1.29, 1.82) is 0 Å². The van der Waals surface area contributed by atoms with Crippen molar-refractivity contribution < 1.29 is 4.79 Å². The van der Waals surface area contributed by atoms with Crippen LogP contribution >= 0.6 is 22.6 Å². The molecule has 4 aromatic rings. The fraction of sp³-hybridized carbons (Fsp3) is 0.0435. The zero-order chi connectivity index (χ0) is 20.9. The van der Waals surface area contributed by atoms with E-state index < -0.39 is 0 Å². The van der Waals surface area contributed by atoms with Crippen LogP contribution in [0.25, 0.3) is 11.3 Å². The van der Waals surface area contributed by atoms with E-state index in [-0.39, 0.29) is 5.91 Å². The molecule has 0 atom stereocenters. The lowest BCUT2D eigenvalue weighted by Crippen LogP contribution is -2.13. The summed E-state index contributed by atoms with van der Waals surface area (Å²) in [7, 11) is 0. The number of anilines is 3. The highest BCUT2D eigenvalue weighted by atomic mass is 127. The van der Waals surface area contributed by atoms with Crippen LogP contribution in [-0.2, 0) is 0 Å². The van der Waals surface area contributed by atoms with E-state index in [4.69, 9.17) is 0 Å². The summed E-state index contributed by atoms with van der Waals surface area (Å²) in [5, 5.41) is 6.21. The molecule has 0 aliphatic heterocycles. The third kappa shape index (κ3) is 4.62. The second kappa shape index (κ2) is 9.00. The van der Waals surface area contributed by atoms with Gasteiger partial charge >= 0.3 is 0 Å². The Morgan fingerprint density at radius 2 is 1.87 bits per heavy atom. The van der Waals surface area contributed by atoms with E-state index in [0.717, 1.165) is 26.1 Å². The van der Waals surface area contributed by atoms with Crippen molar-refractivity contribution in [2.75, 3.05) is 10.6 Å². The van der Waals surface area contributed by atoms with Gasteiger partial charge < -0.3 is 10.6 Å². The van der Waals surface area contributed by atoms with Gasteiger partial charge in [-0.05, 0) is 77.5 Å². The molecular weight excluding hydrogens is 489 g/mol. The Hall–Kier alpha value is -3.33. The van der Waals surface area contributed by atoms with E-state index in [0.29, 0.717) is 17.2 Å². The highest BCUT2D eigenvalue weighted by molar-refractivity contribution is 14.1. The van der Waals surface area contributed by atoms with Crippen molar-refractivity contribution in [3.8, 4) is 11.3 Å². The topological polar surface area (TPSA) is 79.8 Å². The average Bonchev–Trinajstić information content (AvgIpc) is 2.77. The molecule has 2 N–H and O–H groups in total. The first-order valence-corrected chi connectivity index (χ1v) is 10.3. The van der Waals surface area contributed by atoms with Crippen LogP contribution in [0.15, 0.2) is 79.3 Å². The van der Waals surface area contributed by atoms with Gasteiger partial charge in [0.15, 0.2) is 0 Å². The number of benzene rings is 2. The Morgan fingerprint density at radius 1 is 1.00 bits per heavy atom. The van der Waals surface area contributed by atoms with Crippen molar-refractivity contribution in [3.63, 3.8) is 0 Å². The van der Waals surface area contributed by atoms with Crippen molar-refractivity contribution in [1.82, 2.24) is 15.0 Å². The number of carbonyl (C=O) groups is 1. The lowest BCUT2D eigenvalue weighted by atomic mass is 10.1. The average molecular weight is 507 g/mol. The van der Waals surface area contributed by atoms with Crippen LogP contribution in [0.5, 0.6) is 0 Å². The molecule has 4 rings (SSSR count). The van der Waals surface area contributed by atoms with Gasteiger partial charge in [0.05, 0.1) is 11.3 Å². The number of aromatic nitrogens is 3. The standard InChI is InChI=1S/C23H18IN5O/c1-15-8-9-17(27-22(30)18-6-2-3-7-19(18)24)13-21(15)29-23-26-12-10-20(28-23)16-5-4-11-25-14-16/h2-14H,1H3,(H,27,30)(H,26,28,29). The van der Waals surface area contributed by atoms with E-state index in [1.807, 2.05) is 67.6 Å². The van der Waals surface area contributed by atoms with Crippen LogP contribution in [0.1, 0.15) is 15.9 Å². The van der Waals surface area contributed by atoms with Gasteiger partial charge in [-0.1, -0.05) is 18.2 Å². The van der Waals surface area contributed by atoms with E-state index in [2.05, 4.69) is 48.2 Å². The fourth-order valence-corrected chi connectivity index (χ4v) is 3.52. The van der Waals surface area contributed by atoms with Crippen LogP contribution in [0.4, 0.5) is 17.3 Å². The minimum Gasteiger partial charge on any atom is -0.324 e. The van der Waals surface area contributed by atoms with Crippen LogP contribution < -0.4 is 10.6 Å². The number of hydrogen-bond acceptors (Lipinski definition) is 5. The number of nitrogens with zero attached hydrogens (tertiary/aromatic N) is 3. The predicted molar refractivity (Wildman–Crippen MR) is 127 cm³/mol. The third-order valence-electron chi connectivity index (χ3n) is 4.47. The van der Waals surface area contributed by atoms with Gasteiger partial charge in [0.1, 0.15) is 0 Å². The molecular formula is C23H18IN5O. The molecule has 2 aromatic carbocycles. The number of rotatable bonds is 5. The first-order valence-electron chi connectivity index (χ1n) is 9.27. The van der Waals surface area contributed by atoms with Crippen LogP contribution in [0.3, 0.4) is 0 Å². The first kappa shape index (κ1) is 20.0. The number of aryl methyl sites for hydroxylation is 1. The number of amides is 1. The molecule has 1 amide bonds. The molecule has 0 radical (unpaired) electrons. The van der Waals surface area contributed by atoms with Gasteiger partial charge in [0.2, 0.25) is 5.95 Å². The van der Waals surface area contributed by atoms with Crippen LogP contribution in [0.2, 0.25) is 0 Å². The van der Waals surface area contributed by atoms with Crippen molar-refractivity contribution in [2.45, 2.75) is 6.92 Å². The highest BCUT2D eigenvalue weighted by Gasteiger charge is 2.11. The molecule has 0 unspecified atom stereocenters. The van der Waals surface area contributed by atoms with Gasteiger partial charge in [0.25, 0.3) is 5.91 Å². The molecule has 0 aliphatic carbocycles. The summed E-state index contributed by atoms with van der Waals surface area (Å²) in [6.45, 7) is 1.99. The maximum absolute atomic E-state index is 12.6. The monoisotopic (exact) mass is 507 g/mol. The van der Waals surface area contributed by atoms with Crippen molar-refractivity contribution >= 4 is 45.8 Å². The molecule has 30 heavy (non-hydrogen) atoms. The summed E-state index contributed by atoms with van der Waals surface area (Å²) in [5.74, 6) is 0.324. The molecule has 0 fully saturated rings. The van der Waals surface area contributed by atoms with Gasteiger partial charge in [-0.2, -0.15) is 0 Å². The Morgan fingerprint density at radius 3 is 2.67 bits per heavy atom. The summed E-state index contributed by atoms with van der Waals surface area (Å²) in [5.41, 5.74) is 4.85. The SMILES string of the molecule is Cc1ccc(NC(=O)c2ccccc2I)cc1Nc1nccc(-c2cccnc2)n1. The normalized spacial score (nSPS) is 10.5. The van der Waals surface area contributed by atoms with E-state index in [1.165, 1.54) is 0 Å². The van der Waals surface area contributed by atoms with Crippen LogP contribution in [0, 0.1) is 10.5 Å². The maximum Gasteiger partial charge on any atom is 0.256 e. The Labute approximate surface area is 188 Å². The van der Waals surface area contributed by atoms with Crippen molar-refractivity contribution in [2.24, 2.45) is 0 Å². The number of carbonyl (C=O) groups excluding carboxylic acids is 1. The lowest BCUT2D eigenvalue weighted by Gasteiger charge is -2.12. The molecule has 7 heteroatoms. The fourth-order valence-electron chi connectivity index (χ4n) is 2.89. The summed E-state index contributed by atoms with van der Waals surface area (Å²) < 4.78 is 0.902. The number of hydrogen-bond donors (Lipinski definition) is 2. The first-order chi connectivity index (χ1) is 14.6. The summed E-state index contributed by atoms with van der Waals surface area (Å²) in [6.07, 6.45) is 5.19. The van der Waals surface area contributed by atoms with Crippen LogP contribution in [-0.4, -0.2) is 20.9 Å². The quantitative estimate of drug-likeness (QED) is 0.352. The molecule has 0 spiro atoms. The molecule has 2 heterocycles. The smallest absolute Gasteiger partial charge is 0.256 e. The van der Waals surface area contributed by atoms with Gasteiger partial charge in [0, 0.05) is 39.1 Å². The lowest BCUT2D eigenvalue weighted by molar-refractivity contribution is 0.102. The van der Waals surface area contributed by atoms with Gasteiger partial charge in [-0.3, -0.25) is 9.78 Å². The third-order valence-corrected chi connectivity index (χ3v) is 5.41. The number of pyridine rings is 1. The molecule has 2 aromatic heterocycles. The zero-order valence-electron chi connectivity index (χ0n) is 16.1. The molecule has 0 saturated heterocycles. The Bertz CT molecular complexity index is 1200. The van der Waals surface area contributed by atoms with Crippen molar-refractivity contribution in [3.05, 3.63) is 94.0 Å². The number of nitrogens with one attached hydrogen (secondary N) is 2. The zero-order valence-corrected chi connectivity index (χ0v) is 18.3. The Kier molecular flexibility index (Phi) is 5.99. The highest BCUT2D eigenvalue weighted by Crippen LogP contribution is 2.25. The second-order valence-corrected chi connectivity index (χ2v) is 7.76. The Balaban J connectivity index is 1.56. The van der Waals surface area contributed by atoms with Gasteiger partial charge in [-0.15, -0.1) is 0 Å². The molecule has 0 bridgehead atoms. The predicted octanol–water partition coefficient (Wildman–Crippen LogP) is 5.45. The minimum atomic E-state index is -0.148. The van der Waals surface area contributed by atoms with E-state index in [1.54, 1.807) is 18.6 Å². The maximum atomic E-state index is 12.6.